The van der Waals surface area contributed by atoms with Crippen LogP contribution in [0.5, 0.6) is 5.75 Å². The normalized spacial score (nSPS) is 11.7. The lowest BCUT2D eigenvalue weighted by molar-refractivity contribution is -0.122. The fourth-order valence-electron chi connectivity index (χ4n) is 2.51. The maximum absolute atomic E-state index is 12.4. The first-order chi connectivity index (χ1) is 11.9. The van der Waals surface area contributed by atoms with E-state index in [4.69, 9.17) is 10.00 Å². The summed E-state index contributed by atoms with van der Waals surface area (Å²) < 4.78 is 5.93. The van der Waals surface area contributed by atoms with E-state index in [1.807, 2.05) is 31.2 Å². The molecule has 0 saturated carbocycles. The lowest BCUT2D eigenvalue weighted by atomic mass is 10.0. The van der Waals surface area contributed by atoms with Gasteiger partial charge < -0.3 is 10.1 Å². The zero-order valence-electron chi connectivity index (χ0n) is 15.2. The van der Waals surface area contributed by atoms with Gasteiger partial charge in [-0.25, -0.2) is 0 Å². The Labute approximate surface area is 149 Å². The van der Waals surface area contributed by atoms with E-state index in [0.29, 0.717) is 18.0 Å². The minimum absolute atomic E-state index is 0.204. The molecule has 2 rings (SSSR count). The molecule has 1 N–H and O–H groups in total. The highest BCUT2D eigenvalue weighted by Crippen LogP contribution is 2.28. The highest BCUT2D eigenvalue weighted by molar-refractivity contribution is 5.94. The van der Waals surface area contributed by atoms with Gasteiger partial charge in [0.1, 0.15) is 5.75 Å². The second-order valence-corrected chi connectivity index (χ2v) is 6.48. The Hall–Kier alpha value is -2.80. The Bertz CT molecular complexity index is 773. The van der Waals surface area contributed by atoms with Gasteiger partial charge >= 0.3 is 0 Å². The fourth-order valence-corrected chi connectivity index (χ4v) is 2.51. The van der Waals surface area contributed by atoms with Crippen molar-refractivity contribution in [2.24, 2.45) is 0 Å². The molecular weight excluding hydrogens is 312 g/mol. The summed E-state index contributed by atoms with van der Waals surface area (Å²) in [5, 5.41) is 11.5. The topological polar surface area (TPSA) is 62.1 Å². The number of aryl methyl sites for hydroxylation is 1. The molecule has 4 heteroatoms. The molecule has 1 amide bonds. The number of benzene rings is 2. The van der Waals surface area contributed by atoms with Gasteiger partial charge in [-0.3, -0.25) is 4.79 Å². The van der Waals surface area contributed by atoms with E-state index < -0.39 is 6.10 Å². The molecule has 1 atom stereocenters. The number of amides is 1. The molecule has 0 saturated heterocycles. The van der Waals surface area contributed by atoms with Gasteiger partial charge in [-0.1, -0.05) is 38.1 Å². The average Bonchev–Trinajstić information content (AvgIpc) is 2.56. The van der Waals surface area contributed by atoms with Gasteiger partial charge in [-0.15, -0.1) is 0 Å². The standard InChI is InChI=1S/C21H24N2O2/c1-14(2)19-10-5-15(3)13-20(19)25-16(4)21(24)23-18-8-6-17(7-9-18)11-12-22/h5-10,13-14,16H,11H2,1-4H3,(H,23,24)/t16-/m0/s1. The molecule has 25 heavy (non-hydrogen) atoms. The second-order valence-electron chi connectivity index (χ2n) is 6.48. The van der Waals surface area contributed by atoms with Crippen LogP contribution in [0.2, 0.25) is 0 Å². The van der Waals surface area contributed by atoms with Crippen LogP contribution in [0.3, 0.4) is 0 Å². The van der Waals surface area contributed by atoms with Crippen molar-refractivity contribution in [3.05, 3.63) is 59.2 Å². The minimum Gasteiger partial charge on any atom is -0.481 e. The van der Waals surface area contributed by atoms with E-state index in [1.165, 1.54) is 0 Å². The molecule has 4 nitrogen and oxygen atoms in total. The molecule has 0 radical (unpaired) electrons. The summed E-state index contributed by atoms with van der Waals surface area (Å²) in [5.74, 6) is 0.866. The van der Waals surface area contributed by atoms with Gasteiger partial charge in [-0.2, -0.15) is 5.26 Å². The summed E-state index contributed by atoms with van der Waals surface area (Å²) in [6.07, 6.45) is -0.253. The summed E-state index contributed by atoms with van der Waals surface area (Å²) in [6.45, 7) is 7.95. The van der Waals surface area contributed by atoms with E-state index in [1.54, 1.807) is 19.1 Å². The lowest BCUT2D eigenvalue weighted by Gasteiger charge is -2.19. The van der Waals surface area contributed by atoms with Crippen molar-refractivity contribution in [1.29, 1.82) is 5.26 Å². The van der Waals surface area contributed by atoms with Gasteiger partial charge in [0.05, 0.1) is 12.5 Å². The summed E-state index contributed by atoms with van der Waals surface area (Å²) in [6, 6.07) is 15.4. The molecule has 0 bridgehead atoms. The zero-order chi connectivity index (χ0) is 18.4. The number of nitriles is 1. The Kier molecular flexibility index (Phi) is 6.19. The monoisotopic (exact) mass is 336 g/mol. The van der Waals surface area contributed by atoms with E-state index in [9.17, 15) is 4.79 Å². The first-order valence-electron chi connectivity index (χ1n) is 8.44. The van der Waals surface area contributed by atoms with E-state index in [2.05, 4.69) is 31.3 Å². The van der Waals surface area contributed by atoms with Gasteiger partial charge in [0.25, 0.3) is 5.91 Å². The predicted octanol–water partition coefficient (Wildman–Crippen LogP) is 4.59. The third-order valence-corrected chi connectivity index (χ3v) is 3.97. The molecule has 2 aromatic rings. The van der Waals surface area contributed by atoms with Crippen molar-refractivity contribution in [3.8, 4) is 11.8 Å². The second kappa shape index (κ2) is 8.34. The number of nitrogens with zero attached hydrogens (tertiary/aromatic N) is 1. The molecule has 2 aromatic carbocycles. The zero-order valence-corrected chi connectivity index (χ0v) is 15.2. The van der Waals surface area contributed by atoms with E-state index in [-0.39, 0.29) is 5.91 Å². The smallest absolute Gasteiger partial charge is 0.265 e. The van der Waals surface area contributed by atoms with Crippen LogP contribution < -0.4 is 10.1 Å². The van der Waals surface area contributed by atoms with Crippen LogP contribution in [0.25, 0.3) is 0 Å². The predicted molar refractivity (Wildman–Crippen MR) is 99.7 cm³/mol. The Morgan fingerprint density at radius 3 is 2.44 bits per heavy atom. The van der Waals surface area contributed by atoms with Crippen LogP contribution >= 0.6 is 0 Å². The molecule has 0 aliphatic rings. The third-order valence-electron chi connectivity index (χ3n) is 3.97. The SMILES string of the molecule is Cc1ccc(C(C)C)c(O[C@@H](C)C(=O)Nc2ccc(CC#N)cc2)c1. The Morgan fingerprint density at radius 2 is 1.84 bits per heavy atom. The number of anilines is 1. The van der Waals surface area contributed by atoms with Crippen molar-refractivity contribution < 1.29 is 9.53 Å². The summed E-state index contributed by atoms with van der Waals surface area (Å²) in [5.41, 5.74) is 3.80. The molecule has 0 aliphatic heterocycles. The number of rotatable bonds is 6. The largest absolute Gasteiger partial charge is 0.481 e. The first-order valence-corrected chi connectivity index (χ1v) is 8.44. The highest BCUT2D eigenvalue weighted by Gasteiger charge is 2.17. The van der Waals surface area contributed by atoms with Crippen LogP contribution in [-0.2, 0) is 11.2 Å². The van der Waals surface area contributed by atoms with Crippen LogP contribution in [0.15, 0.2) is 42.5 Å². The van der Waals surface area contributed by atoms with Crippen LogP contribution in [-0.4, -0.2) is 12.0 Å². The quantitative estimate of drug-likeness (QED) is 0.839. The van der Waals surface area contributed by atoms with Crippen LogP contribution in [0.4, 0.5) is 5.69 Å². The number of nitrogens with one attached hydrogen (secondary N) is 1. The minimum atomic E-state index is -0.613. The van der Waals surface area contributed by atoms with Gasteiger partial charge in [0, 0.05) is 5.69 Å². The van der Waals surface area contributed by atoms with Crippen LogP contribution in [0.1, 0.15) is 43.4 Å². The van der Waals surface area contributed by atoms with Crippen molar-refractivity contribution >= 4 is 11.6 Å². The van der Waals surface area contributed by atoms with Crippen molar-refractivity contribution in [2.45, 2.75) is 46.1 Å². The van der Waals surface area contributed by atoms with Gasteiger partial charge in [0.15, 0.2) is 6.10 Å². The number of hydrogen-bond donors (Lipinski definition) is 1. The molecule has 0 aliphatic carbocycles. The molecule has 130 valence electrons. The Balaban J connectivity index is 2.05. The van der Waals surface area contributed by atoms with Crippen LogP contribution in [0, 0.1) is 18.3 Å². The van der Waals surface area contributed by atoms with Crippen molar-refractivity contribution in [2.75, 3.05) is 5.32 Å². The number of carbonyl (C=O) groups excluding carboxylic acids is 1. The van der Waals surface area contributed by atoms with Gasteiger partial charge in [0.2, 0.25) is 0 Å². The summed E-state index contributed by atoms with van der Waals surface area (Å²) >= 11 is 0. The Morgan fingerprint density at radius 1 is 1.16 bits per heavy atom. The number of carbonyl (C=O) groups is 1. The summed E-state index contributed by atoms with van der Waals surface area (Å²) in [4.78, 5) is 12.4. The van der Waals surface area contributed by atoms with E-state index in [0.717, 1.165) is 22.4 Å². The van der Waals surface area contributed by atoms with Crippen molar-refractivity contribution in [1.82, 2.24) is 0 Å². The number of hydrogen-bond acceptors (Lipinski definition) is 3. The average molecular weight is 336 g/mol. The molecule has 0 unspecified atom stereocenters. The fraction of sp³-hybridized carbons (Fsp3) is 0.333. The third kappa shape index (κ3) is 5.09. The molecular formula is C21H24N2O2. The maximum atomic E-state index is 12.4. The lowest BCUT2D eigenvalue weighted by Crippen LogP contribution is -2.30. The van der Waals surface area contributed by atoms with E-state index >= 15 is 0 Å². The summed E-state index contributed by atoms with van der Waals surface area (Å²) in [7, 11) is 0. The molecule has 0 aromatic heterocycles. The van der Waals surface area contributed by atoms with Crippen molar-refractivity contribution in [3.63, 3.8) is 0 Å². The first kappa shape index (κ1) is 18.5. The number of ether oxygens (including phenoxy) is 1. The molecule has 0 spiro atoms. The maximum Gasteiger partial charge on any atom is 0.265 e. The van der Waals surface area contributed by atoms with Gasteiger partial charge in [-0.05, 0) is 54.7 Å². The molecule has 0 fully saturated rings. The molecule has 0 heterocycles. The highest BCUT2D eigenvalue weighted by atomic mass is 16.5.